The van der Waals surface area contributed by atoms with Gasteiger partial charge in [-0.25, -0.2) is 9.49 Å². The number of nitrogens with zero attached hydrogens (tertiary/aromatic N) is 7. The number of anilines is 1. The highest BCUT2D eigenvalue weighted by Gasteiger charge is 2.27. The zero-order valence-electron chi connectivity index (χ0n) is 42.0. The molecule has 15 heteroatoms. The minimum absolute atomic E-state index is 0.0734. The predicted molar refractivity (Wildman–Crippen MR) is 282 cm³/mol. The summed E-state index contributed by atoms with van der Waals surface area (Å²) in [5.74, 6) is 0.542. The lowest BCUT2D eigenvalue weighted by atomic mass is 9.95. The molecule has 2 aromatic heterocycles. The Morgan fingerprint density at radius 2 is 1.49 bits per heavy atom. The molecule has 0 bridgehead atoms. The summed E-state index contributed by atoms with van der Waals surface area (Å²) >= 11 is 0. The SMILES string of the molecule is CCc1cccc(-c2cnc(CN3CCC(CN4CCN(CC(=O)N5CCN(C=O)CC5)CC4)CC3)c(NC(=O)CNCc3cccc(C)c3)c2)c1.Cc1cc(Cc2n[nH]c(=O)c3ccccc23)ccc1F. The summed E-state index contributed by atoms with van der Waals surface area (Å²) in [6, 6.07) is 31.3. The molecule has 9 rings (SSSR count). The smallest absolute Gasteiger partial charge is 0.272 e. The van der Waals surface area contributed by atoms with Crippen molar-refractivity contribution in [2.45, 2.75) is 59.5 Å². The topological polar surface area (TPSA) is 150 Å². The molecule has 3 saturated heterocycles. The molecule has 3 amide bonds. The van der Waals surface area contributed by atoms with E-state index in [2.05, 4.69) is 97.9 Å². The number of benzene rings is 4. The van der Waals surface area contributed by atoms with Gasteiger partial charge in [0.05, 0.1) is 35.6 Å². The number of H-pyrrole nitrogens is 1. The van der Waals surface area contributed by atoms with E-state index in [-0.39, 0.29) is 29.7 Å². The van der Waals surface area contributed by atoms with Crippen LogP contribution in [-0.4, -0.2) is 143 Å². The molecule has 6 aromatic rings. The van der Waals surface area contributed by atoms with Crippen LogP contribution in [-0.2, 0) is 40.3 Å². The molecular formula is C57H69FN10O4. The number of aryl methyl sites for hydroxylation is 3. The second kappa shape index (κ2) is 25.1. The van der Waals surface area contributed by atoms with Crippen molar-refractivity contribution in [3.63, 3.8) is 0 Å². The lowest BCUT2D eigenvalue weighted by Gasteiger charge is -2.39. The van der Waals surface area contributed by atoms with E-state index < -0.39 is 0 Å². The van der Waals surface area contributed by atoms with Crippen LogP contribution in [0, 0.1) is 25.6 Å². The average molecular weight is 977 g/mol. The number of hydrogen-bond acceptors (Lipinski definition) is 10. The maximum Gasteiger partial charge on any atom is 0.272 e. The van der Waals surface area contributed by atoms with Gasteiger partial charge in [0.1, 0.15) is 5.82 Å². The summed E-state index contributed by atoms with van der Waals surface area (Å²) < 4.78 is 13.3. The number of nitrogens with one attached hydrogen (secondary N) is 3. The Morgan fingerprint density at radius 3 is 2.22 bits per heavy atom. The first-order chi connectivity index (χ1) is 35.0. The fourth-order valence-electron chi connectivity index (χ4n) is 9.91. The summed E-state index contributed by atoms with van der Waals surface area (Å²) in [6.07, 6.45) is 6.61. The number of fused-ring (bicyclic) bond motifs is 1. The van der Waals surface area contributed by atoms with Crippen molar-refractivity contribution in [1.82, 2.24) is 45.0 Å². The summed E-state index contributed by atoms with van der Waals surface area (Å²) in [5, 5.41) is 14.6. The van der Waals surface area contributed by atoms with Crippen LogP contribution in [0.15, 0.2) is 108 Å². The predicted octanol–water partition coefficient (Wildman–Crippen LogP) is 6.44. The van der Waals surface area contributed by atoms with Gasteiger partial charge < -0.3 is 25.3 Å². The highest BCUT2D eigenvalue weighted by Crippen LogP contribution is 2.28. The number of carbonyl (C=O) groups is 3. The van der Waals surface area contributed by atoms with Gasteiger partial charge in [-0.2, -0.15) is 5.10 Å². The highest BCUT2D eigenvalue weighted by molar-refractivity contribution is 5.93. The van der Waals surface area contributed by atoms with Crippen LogP contribution in [0.5, 0.6) is 0 Å². The van der Waals surface area contributed by atoms with E-state index in [1.807, 2.05) is 35.4 Å². The van der Waals surface area contributed by atoms with Crippen LogP contribution in [0.3, 0.4) is 0 Å². The van der Waals surface area contributed by atoms with Gasteiger partial charge in [0.15, 0.2) is 0 Å². The van der Waals surface area contributed by atoms with Gasteiger partial charge in [-0.05, 0) is 98.1 Å². The normalized spacial score (nSPS) is 16.1. The Labute approximate surface area is 422 Å². The number of piperidine rings is 1. The van der Waals surface area contributed by atoms with Crippen LogP contribution in [0.2, 0.25) is 0 Å². The van der Waals surface area contributed by atoms with Crippen LogP contribution < -0.4 is 16.2 Å². The number of aromatic nitrogens is 3. The molecule has 3 N–H and O–H groups in total. The third-order valence-electron chi connectivity index (χ3n) is 14.2. The molecule has 3 aliphatic rings. The Kier molecular flexibility index (Phi) is 18.1. The third kappa shape index (κ3) is 14.3. The molecule has 5 heterocycles. The minimum Gasteiger partial charge on any atom is -0.342 e. The van der Waals surface area contributed by atoms with Gasteiger partial charge in [-0.1, -0.05) is 91.3 Å². The Hall–Kier alpha value is -6.65. The number of hydrogen-bond donors (Lipinski definition) is 3. The maximum absolute atomic E-state index is 13.3. The number of rotatable bonds is 16. The van der Waals surface area contributed by atoms with Gasteiger partial charge in [0.25, 0.3) is 5.56 Å². The molecule has 0 unspecified atom stereocenters. The van der Waals surface area contributed by atoms with E-state index in [0.29, 0.717) is 69.1 Å². The first-order valence-electron chi connectivity index (χ1n) is 25.5. The molecule has 4 aromatic carbocycles. The summed E-state index contributed by atoms with van der Waals surface area (Å²) in [6.45, 7) is 17.4. The molecule has 378 valence electrons. The van der Waals surface area contributed by atoms with E-state index in [4.69, 9.17) is 4.98 Å². The fraction of sp³-hybridized carbons (Fsp3) is 0.404. The number of likely N-dealkylation sites (tertiary alicyclic amines) is 1. The second-order valence-corrected chi connectivity index (χ2v) is 19.5. The minimum atomic E-state index is -0.215. The van der Waals surface area contributed by atoms with Crippen molar-refractivity contribution in [2.24, 2.45) is 5.92 Å². The maximum atomic E-state index is 13.3. The number of piperazine rings is 2. The molecule has 0 spiro atoms. The first kappa shape index (κ1) is 51.7. The van der Waals surface area contributed by atoms with Crippen LogP contribution >= 0.6 is 0 Å². The van der Waals surface area contributed by atoms with Gasteiger partial charge in [-0.3, -0.25) is 34.0 Å². The second-order valence-electron chi connectivity index (χ2n) is 19.5. The molecule has 14 nitrogen and oxygen atoms in total. The fourth-order valence-corrected chi connectivity index (χ4v) is 9.91. The Bertz CT molecular complexity index is 2850. The van der Waals surface area contributed by atoms with Gasteiger partial charge in [-0.15, -0.1) is 0 Å². The molecular weight excluding hydrogens is 908 g/mol. The van der Waals surface area contributed by atoms with Gasteiger partial charge in [0, 0.05) is 95.6 Å². The van der Waals surface area contributed by atoms with Crippen LogP contribution in [0.25, 0.3) is 21.9 Å². The average Bonchev–Trinajstić information content (AvgIpc) is 3.40. The number of halogens is 1. The van der Waals surface area contributed by atoms with Crippen LogP contribution in [0.1, 0.15) is 59.0 Å². The van der Waals surface area contributed by atoms with Crippen molar-refractivity contribution in [1.29, 1.82) is 0 Å². The van der Waals surface area contributed by atoms with E-state index >= 15 is 0 Å². The molecule has 0 radical (unpaired) electrons. The van der Waals surface area contributed by atoms with Crippen molar-refractivity contribution < 1.29 is 18.8 Å². The summed E-state index contributed by atoms with van der Waals surface area (Å²) in [5.41, 5.74) is 9.59. The van der Waals surface area contributed by atoms with Crippen molar-refractivity contribution in [3.05, 3.63) is 159 Å². The molecule has 0 aliphatic carbocycles. The van der Waals surface area contributed by atoms with E-state index in [0.717, 1.165) is 116 Å². The largest absolute Gasteiger partial charge is 0.342 e. The van der Waals surface area contributed by atoms with Crippen molar-refractivity contribution in [2.75, 3.05) is 90.4 Å². The zero-order valence-corrected chi connectivity index (χ0v) is 42.0. The number of amides is 3. The number of pyridine rings is 1. The standard InChI is InChI=1S/C41H56N8O3.C16H13FN2O/c1-3-33-7-5-9-36(23-33)37-24-38(44-40(51)27-42-25-35-8-4-6-32(2)22-35)39(43-26-37)29-45-12-10-34(11-13-45)28-46-14-16-47(17-15-46)30-41(52)49-20-18-48(31-50)19-21-49;1-10-8-11(6-7-14(10)17)9-15-12-4-2-3-5-13(12)16(20)19-18-15/h4-9,22-24,26,31,34,42H,3,10-21,25,27-30H2,1-2H3,(H,44,51);2-8H,9H2,1H3,(H,19,20). The van der Waals surface area contributed by atoms with Crippen LogP contribution in [0.4, 0.5) is 10.1 Å². The summed E-state index contributed by atoms with van der Waals surface area (Å²) in [7, 11) is 0. The van der Waals surface area contributed by atoms with Crippen molar-refractivity contribution >= 4 is 34.7 Å². The molecule has 3 aliphatic heterocycles. The highest BCUT2D eigenvalue weighted by atomic mass is 19.1. The number of carbonyl (C=O) groups excluding carboxylic acids is 3. The Balaban J connectivity index is 0.000000287. The molecule has 3 fully saturated rings. The first-order valence-corrected chi connectivity index (χ1v) is 25.5. The molecule has 0 saturated carbocycles. The number of aromatic amines is 1. The molecule has 72 heavy (non-hydrogen) atoms. The van der Waals surface area contributed by atoms with E-state index in [1.165, 1.54) is 17.2 Å². The lowest BCUT2D eigenvalue weighted by molar-refractivity contribution is -0.136. The zero-order chi connectivity index (χ0) is 50.4. The Morgan fingerprint density at radius 1 is 0.750 bits per heavy atom. The van der Waals surface area contributed by atoms with E-state index in [9.17, 15) is 23.6 Å². The van der Waals surface area contributed by atoms with Gasteiger partial charge in [0.2, 0.25) is 18.2 Å². The molecule has 0 atom stereocenters. The quantitative estimate of drug-likeness (QED) is 0.0926. The lowest BCUT2D eigenvalue weighted by Crippen LogP contribution is -2.54. The van der Waals surface area contributed by atoms with E-state index in [1.54, 1.807) is 30.0 Å². The monoisotopic (exact) mass is 977 g/mol. The third-order valence-corrected chi connectivity index (χ3v) is 14.2. The van der Waals surface area contributed by atoms with Crippen molar-refractivity contribution in [3.8, 4) is 11.1 Å². The van der Waals surface area contributed by atoms with Gasteiger partial charge >= 0.3 is 0 Å². The summed E-state index contributed by atoms with van der Waals surface area (Å²) in [4.78, 5) is 64.6.